The maximum Gasteiger partial charge on any atom is 0.0481 e. The zero-order valence-corrected chi connectivity index (χ0v) is 9.69. The molecule has 1 atom stereocenters. The molecule has 2 aromatic rings. The van der Waals surface area contributed by atoms with Crippen LogP contribution < -0.4 is 5.73 Å². The van der Waals surface area contributed by atoms with Crippen molar-refractivity contribution in [1.82, 2.24) is 4.57 Å². The lowest BCUT2D eigenvalue weighted by atomic mass is 10.0. The first-order valence-electron chi connectivity index (χ1n) is 5.64. The Kier molecular flexibility index (Phi) is 3.11. The fourth-order valence-corrected chi connectivity index (χ4v) is 2.12. The van der Waals surface area contributed by atoms with Crippen molar-refractivity contribution in [2.45, 2.75) is 18.9 Å². The monoisotopic (exact) mass is 214 g/mol. The Hall–Kier alpha value is -1.54. The summed E-state index contributed by atoms with van der Waals surface area (Å²) in [7, 11) is 2.06. The summed E-state index contributed by atoms with van der Waals surface area (Å²) in [4.78, 5) is 0. The van der Waals surface area contributed by atoms with Crippen molar-refractivity contribution in [3.05, 3.63) is 48.7 Å². The molecule has 16 heavy (non-hydrogen) atoms. The second-order valence-corrected chi connectivity index (χ2v) is 4.19. The zero-order chi connectivity index (χ0) is 11.5. The number of fused-ring (bicyclic) bond motifs is 1. The van der Waals surface area contributed by atoms with E-state index in [1.807, 2.05) is 6.08 Å². The summed E-state index contributed by atoms with van der Waals surface area (Å²) in [6, 6.07) is 8.48. The zero-order valence-electron chi connectivity index (χ0n) is 9.69. The summed E-state index contributed by atoms with van der Waals surface area (Å²) < 4.78 is 2.14. The van der Waals surface area contributed by atoms with Crippen LogP contribution in [0.4, 0.5) is 0 Å². The van der Waals surface area contributed by atoms with E-state index in [0.717, 1.165) is 12.8 Å². The first-order chi connectivity index (χ1) is 7.74. The Bertz CT molecular complexity index is 496. The lowest BCUT2D eigenvalue weighted by Gasteiger charge is -2.08. The minimum atomic E-state index is 0.101. The molecule has 2 N–H and O–H groups in total. The second-order valence-electron chi connectivity index (χ2n) is 4.19. The van der Waals surface area contributed by atoms with E-state index in [1.54, 1.807) is 0 Å². The molecule has 0 spiro atoms. The molecular formula is C14H18N2. The van der Waals surface area contributed by atoms with Crippen molar-refractivity contribution >= 4 is 10.9 Å². The van der Waals surface area contributed by atoms with Gasteiger partial charge in [-0.3, -0.25) is 0 Å². The fourth-order valence-electron chi connectivity index (χ4n) is 2.12. The van der Waals surface area contributed by atoms with Gasteiger partial charge in [-0.2, -0.15) is 0 Å². The topological polar surface area (TPSA) is 30.9 Å². The minimum Gasteiger partial charge on any atom is -0.350 e. The van der Waals surface area contributed by atoms with E-state index in [2.05, 4.69) is 48.7 Å². The summed E-state index contributed by atoms with van der Waals surface area (Å²) in [5, 5.41) is 1.27. The van der Waals surface area contributed by atoms with Crippen LogP contribution in [0, 0.1) is 0 Å². The highest BCUT2D eigenvalue weighted by molar-refractivity contribution is 5.84. The van der Waals surface area contributed by atoms with E-state index in [1.165, 1.54) is 16.5 Å². The molecule has 2 heteroatoms. The first kappa shape index (κ1) is 11.0. The smallest absolute Gasteiger partial charge is 0.0481 e. The first-order valence-corrected chi connectivity index (χ1v) is 5.64. The molecule has 2 nitrogen and oxygen atoms in total. The number of aromatic nitrogens is 1. The number of hydrogen-bond donors (Lipinski definition) is 1. The second kappa shape index (κ2) is 4.54. The lowest BCUT2D eigenvalue weighted by molar-refractivity contribution is 0.663. The number of aryl methyl sites for hydroxylation is 1. The van der Waals surface area contributed by atoms with Gasteiger partial charge in [-0.05, 0) is 24.5 Å². The van der Waals surface area contributed by atoms with Gasteiger partial charge in [-0.15, -0.1) is 6.58 Å². The quantitative estimate of drug-likeness (QED) is 0.779. The van der Waals surface area contributed by atoms with E-state index in [4.69, 9.17) is 5.73 Å². The van der Waals surface area contributed by atoms with E-state index in [9.17, 15) is 0 Å². The Morgan fingerprint density at radius 3 is 2.94 bits per heavy atom. The highest BCUT2D eigenvalue weighted by Crippen LogP contribution is 2.26. The highest BCUT2D eigenvalue weighted by Gasteiger charge is 2.11. The van der Waals surface area contributed by atoms with E-state index in [-0.39, 0.29) is 6.04 Å². The predicted molar refractivity (Wildman–Crippen MR) is 69.3 cm³/mol. The molecular weight excluding hydrogens is 196 g/mol. The van der Waals surface area contributed by atoms with Crippen LogP contribution in [0.2, 0.25) is 0 Å². The summed E-state index contributed by atoms with van der Waals surface area (Å²) in [6.07, 6.45) is 5.98. The summed E-state index contributed by atoms with van der Waals surface area (Å²) in [5.74, 6) is 0. The third-order valence-electron chi connectivity index (χ3n) is 3.01. The van der Waals surface area contributed by atoms with Gasteiger partial charge in [0.1, 0.15) is 0 Å². The van der Waals surface area contributed by atoms with Crippen LogP contribution in [0.25, 0.3) is 10.9 Å². The highest BCUT2D eigenvalue weighted by atomic mass is 14.9. The molecule has 0 amide bonds. The van der Waals surface area contributed by atoms with E-state index >= 15 is 0 Å². The summed E-state index contributed by atoms with van der Waals surface area (Å²) >= 11 is 0. The van der Waals surface area contributed by atoms with Gasteiger partial charge in [-0.25, -0.2) is 0 Å². The van der Waals surface area contributed by atoms with Crippen LogP contribution in [-0.4, -0.2) is 4.57 Å². The van der Waals surface area contributed by atoms with Crippen molar-refractivity contribution in [3.63, 3.8) is 0 Å². The predicted octanol–water partition coefficient (Wildman–Crippen LogP) is 3.14. The Balaban J connectivity index is 2.40. The Labute approximate surface area is 96.4 Å². The van der Waals surface area contributed by atoms with Gasteiger partial charge in [-0.1, -0.05) is 24.3 Å². The standard InChI is InChI=1S/C14H18N2/c1-3-4-8-13(15)12-10-16(2)14-9-6-5-7-11(12)14/h3,5-7,9-10,13H,1,4,8,15H2,2H3/t13-/m0/s1. The summed E-state index contributed by atoms with van der Waals surface area (Å²) in [5.41, 5.74) is 8.68. The molecule has 0 bridgehead atoms. The molecule has 0 aliphatic rings. The van der Waals surface area contributed by atoms with Crippen molar-refractivity contribution < 1.29 is 0 Å². The number of hydrogen-bond acceptors (Lipinski definition) is 1. The maximum absolute atomic E-state index is 6.20. The van der Waals surface area contributed by atoms with E-state index < -0.39 is 0 Å². The van der Waals surface area contributed by atoms with Crippen LogP contribution in [0.3, 0.4) is 0 Å². The van der Waals surface area contributed by atoms with Gasteiger partial charge < -0.3 is 10.3 Å². The molecule has 0 saturated heterocycles. The van der Waals surface area contributed by atoms with Gasteiger partial charge in [0.2, 0.25) is 0 Å². The molecule has 1 heterocycles. The number of benzene rings is 1. The van der Waals surface area contributed by atoms with Crippen LogP contribution in [0.1, 0.15) is 24.4 Å². The molecule has 0 aliphatic heterocycles. The molecule has 0 unspecified atom stereocenters. The number of nitrogens with zero attached hydrogens (tertiary/aromatic N) is 1. The van der Waals surface area contributed by atoms with Gasteiger partial charge in [0.25, 0.3) is 0 Å². The number of rotatable bonds is 4. The third-order valence-corrected chi connectivity index (χ3v) is 3.01. The van der Waals surface area contributed by atoms with Crippen LogP contribution in [-0.2, 0) is 7.05 Å². The Morgan fingerprint density at radius 2 is 2.19 bits per heavy atom. The fraction of sp³-hybridized carbons (Fsp3) is 0.286. The van der Waals surface area contributed by atoms with Crippen molar-refractivity contribution in [1.29, 1.82) is 0 Å². The largest absolute Gasteiger partial charge is 0.350 e. The maximum atomic E-state index is 6.20. The molecule has 84 valence electrons. The van der Waals surface area contributed by atoms with Crippen LogP contribution >= 0.6 is 0 Å². The van der Waals surface area contributed by atoms with Crippen LogP contribution in [0.5, 0.6) is 0 Å². The van der Waals surface area contributed by atoms with Gasteiger partial charge in [0.05, 0.1) is 0 Å². The van der Waals surface area contributed by atoms with Gasteiger partial charge >= 0.3 is 0 Å². The van der Waals surface area contributed by atoms with Crippen molar-refractivity contribution in [2.75, 3.05) is 0 Å². The Morgan fingerprint density at radius 1 is 1.44 bits per heavy atom. The number of nitrogens with two attached hydrogens (primary N) is 1. The van der Waals surface area contributed by atoms with E-state index in [0.29, 0.717) is 0 Å². The molecule has 0 aliphatic carbocycles. The molecule has 1 aromatic heterocycles. The minimum absolute atomic E-state index is 0.101. The summed E-state index contributed by atoms with van der Waals surface area (Å²) in [6.45, 7) is 3.73. The molecule has 0 saturated carbocycles. The average molecular weight is 214 g/mol. The molecule has 1 aromatic carbocycles. The average Bonchev–Trinajstić information content (AvgIpc) is 2.65. The SMILES string of the molecule is C=CCC[C@H](N)c1cn(C)c2ccccc12. The molecule has 0 radical (unpaired) electrons. The number of para-hydroxylation sites is 1. The van der Waals surface area contributed by atoms with Crippen molar-refractivity contribution in [3.8, 4) is 0 Å². The molecule has 2 rings (SSSR count). The van der Waals surface area contributed by atoms with Gasteiger partial charge in [0, 0.05) is 30.2 Å². The van der Waals surface area contributed by atoms with Gasteiger partial charge in [0.15, 0.2) is 0 Å². The van der Waals surface area contributed by atoms with Crippen molar-refractivity contribution in [2.24, 2.45) is 12.8 Å². The van der Waals surface area contributed by atoms with Crippen LogP contribution in [0.15, 0.2) is 43.1 Å². The number of allylic oxidation sites excluding steroid dienone is 1. The molecule has 0 fully saturated rings. The lowest BCUT2D eigenvalue weighted by Crippen LogP contribution is -2.09. The third kappa shape index (κ3) is 1.89. The normalized spacial score (nSPS) is 12.9.